The van der Waals surface area contributed by atoms with Crippen LogP contribution in [0, 0.1) is 0 Å². The van der Waals surface area contributed by atoms with Crippen molar-refractivity contribution in [1.29, 1.82) is 0 Å². The van der Waals surface area contributed by atoms with E-state index in [4.69, 9.17) is 0 Å². The molecule has 0 bridgehead atoms. The fraction of sp³-hybridized carbons (Fsp3) is 0.238. The number of carbonyl (C=O) groups excluding carboxylic acids is 1. The van der Waals surface area contributed by atoms with E-state index in [1.54, 1.807) is 36.4 Å². The molecule has 0 atom stereocenters. The minimum absolute atomic E-state index is 0.188. The molecule has 2 aromatic heterocycles. The van der Waals surface area contributed by atoms with Crippen molar-refractivity contribution >= 4 is 53.5 Å². The van der Waals surface area contributed by atoms with Gasteiger partial charge in [-0.1, -0.05) is 23.5 Å². The summed E-state index contributed by atoms with van der Waals surface area (Å²) in [6.07, 6.45) is 1.70. The minimum Gasteiger partial charge on any atom is -0.307 e. The van der Waals surface area contributed by atoms with Gasteiger partial charge in [0, 0.05) is 13.1 Å². The summed E-state index contributed by atoms with van der Waals surface area (Å²) in [6, 6.07) is 11.2. The number of fused-ring (bicyclic) bond motifs is 2. The highest BCUT2D eigenvalue weighted by atomic mass is 32.2. The highest BCUT2D eigenvalue weighted by Crippen LogP contribution is 2.30. The van der Waals surface area contributed by atoms with Crippen molar-refractivity contribution < 1.29 is 13.2 Å². The molecule has 0 radical (unpaired) electrons. The van der Waals surface area contributed by atoms with Crippen molar-refractivity contribution in [3.63, 3.8) is 0 Å². The van der Waals surface area contributed by atoms with E-state index in [0.29, 0.717) is 34.2 Å². The first-order valence-electron chi connectivity index (χ1n) is 10.3. The van der Waals surface area contributed by atoms with Gasteiger partial charge in [-0.2, -0.15) is 4.31 Å². The molecule has 0 saturated carbocycles. The monoisotopic (exact) mass is 485 g/mol. The zero-order valence-electron chi connectivity index (χ0n) is 17.3. The second-order valence-electron chi connectivity index (χ2n) is 7.67. The second-order valence-corrected chi connectivity index (χ2v) is 10.6. The Hall–Kier alpha value is -3.35. The molecule has 2 aromatic carbocycles. The third kappa shape index (κ3) is 3.96. The largest absolute Gasteiger partial charge is 0.329 e. The van der Waals surface area contributed by atoms with Crippen molar-refractivity contribution in [3.05, 3.63) is 63.3 Å². The van der Waals surface area contributed by atoms with E-state index in [1.807, 2.05) is 0 Å². The SMILES string of the molecule is O=C(Cn1c(=O)[nH]c2ccccc2c1=O)Nc1nc2ccc(S(=O)(=O)N3CCCC3)cc2s1. The number of rotatable bonds is 5. The highest BCUT2D eigenvalue weighted by Gasteiger charge is 2.27. The van der Waals surface area contributed by atoms with Gasteiger partial charge in [-0.05, 0) is 43.2 Å². The van der Waals surface area contributed by atoms with Crippen LogP contribution in [0.4, 0.5) is 5.13 Å². The lowest BCUT2D eigenvalue weighted by molar-refractivity contribution is -0.116. The van der Waals surface area contributed by atoms with Crippen LogP contribution in [0.5, 0.6) is 0 Å². The summed E-state index contributed by atoms with van der Waals surface area (Å²) in [6.45, 7) is 0.540. The Morgan fingerprint density at radius 3 is 2.67 bits per heavy atom. The van der Waals surface area contributed by atoms with E-state index in [-0.39, 0.29) is 10.0 Å². The Bertz CT molecular complexity index is 1610. The molecule has 4 aromatic rings. The normalized spacial score (nSPS) is 14.8. The number of thiazole rings is 1. The fourth-order valence-electron chi connectivity index (χ4n) is 3.84. The first-order valence-corrected chi connectivity index (χ1v) is 12.5. The maximum Gasteiger partial charge on any atom is 0.329 e. The van der Waals surface area contributed by atoms with Crippen LogP contribution >= 0.6 is 11.3 Å². The van der Waals surface area contributed by atoms with Crippen LogP contribution in [0.1, 0.15) is 12.8 Å². The predicted octanol–water partition coefficient (Wildman–Crippen LogP) is 1.72. The van der Waals surface area contributed by atoms with Crippen LogP contribution in [0.25, 0.3) is 21.1 Å². The lowest BCUT2D eigenvalue weighted by atomic mass is 10.2. The molecule has 170 valence electrons. The summed E-state index contributed by atoms with van der Waals surface area (Å²) in [4.78, 5) is 44.5. The zero-order valence-corrected chi connectivity index (χ0v) is 18.9. The smallest absolute Gasteiger partial charge is 0.307 e. The van der Waals surface area contributed by atoms with Crippen LogP contribution in [-0.2, 0) is 21.4 Å². The molecule has 3 heterocycles. The van der Waals surface area contributed by atoms with Crippen molar-refractivity contribution in [1.82, 2.24) is 18.8 Å². The van der Waals surface area contributed by atoms with Crippen molar-refractivity contribution in [3.8, 4) is 0 Å². The Labute approximate surface area is 191 Å². The molecule has 1 aliphatic rings. The molecule has 2 N–H and O–H groups in total. The lowest BCUT2D eigenvalue weighted by Gasteiger charge is -2.15. The number of H-pyrrole nitrogens is 1. The van der Waals surface area contributed by atoms with Crippen LogP contribution in [0.2, 0.25) is 0 Å². The number of sulfonamides is 1. The summed E-state index contributed by atoms with van der Waals surface area (Å²) in [5.41, 5.74) is -0.313. The summed E-state index contributed by atoms with van der Waals surface area (Å²) < 4.78 is 28.5. The van der Waals surface area contributed by atoms with Gasteiger partial charge in [-0.25, -0.2) is 18.2 Å². The third-order valence-electron chi connectivity index (χ3n) is 5.50. The third-order valence-corrected chi connectivity index (χ3v) is 8.33. The first-order chi connectivity index (χ1) is 15.8. The molecule has 5 rings (SSSR count). The number of amides is 1. The van der Waals surface area contributed by atoms with Gasteiger partial charge in [0.1, 0.15) is 6.54 Å². The standard InChI is InChI=1S/C21H19N5O5S2/c27-18(12-26-19(28)14-5-1-2-6-15(14)23-21(26)29)24-20-22-16-8-7-13(11-17(16)32-20)33(30,31)25-9-3-4-10-25/h1-2,5-8,11H,3-4,9-10,12H2,(H,23,29)(H,22,24,27). The predicted molar refractivity (Wildman–Crippen MR) is 125 cm³/mol. The fourth-order valence-corrected chi connectivity index (χ4v) is 6.38. The minimum atomic E-state index is -3.56. The van der Waals surface area contributed by atoms with Crippen LogP contribution in [0.3, 0.4) is 0 Å². The number of para-hydroxylation sites is 1. The summed E-state index contributed by atoms with van der Waals surface area (Å²) in [5.74, 6) is -0.596. The van der Waals surface area contributed by atoms with E-state index < -0.39 is 33.7 Å². The van der Waals surface area contributed by atoms with Gasteiger partial charge < -0.3 is 10.3 Å². The Kier molecular flexibility index (Phi) is 5.35. The molecule has 0 spiro atoms. The first kappa shape index (κ1) is 21.5. The lowest BCUT2D eigenvalue weighted by Crippen LogP contribution is -2.38. The van der Waals surface area contributed by atoms with E-state index in [2.05, 4.69) is 15.3 Å². The Balaban J connectivity index is 1.38. The van der Waals surface area contributed by atoms with E-state index >= 15 is 0 Å². The number of aromatic amines is 1. The van der Waals surface area contributed by atoms with Gasteiger partial charge in [0.25, 0.3) is 5.56 Å². The average molecular weight is 486 g/mol. The van der Waals surface area contributed by atoms with Gasteiger partial charge in [0.05, 0.1) is 26.0 Å². The quantitative estimate of drug-likeness (QED) is 0.442. The van der Waals surface area contributed by atoms with Gasteiger partial charge in [-0.3, -0.25) is 14.2 Å². The molecule has 10 nitrogen and oxygen atoms in total. The number of benzene rings is 2. The molecule has 1 saturated heterocycles. The number of nitrogens with zero attached hydrogens (tertiary/aromatic N) is 3. The van der Waals surface area contributed by atoms with Crippen LogP contribution < -0.4 is 16.6 Å². The highest BCUT2D eigenvalue weighted by molar-refractivity contribution is 7.89. The van der Waals surface area contributed by atoms with Crippen molar-refractivity contribution in [2.45, 2.75) is 24.3 Å². The van der Waals surface area contributed by atoms with Gasteiger partial charge >= 0.3 is 5.69 Å². The number of carbonyl (C=O) groups is 1. The molecule has 1 amide bonds. The molecular weight excluding hydrogens is 466 g/mol. The van der Waals surface area contributed by atoms with Gasteiger partial charge in [0.2, 0.25) is 15.9 Å². The average Bonchev–Trinajstić information content (AvgIpc) is 3.46. The zero-order chi connectivity index (χ0) is 23.2. The molecular formula is C21H19N5O5S2. The maximum atomic E-state index is 12.8. The molecule has 33 heavy (non-hydrogen) atoms. The van der Waals surface area contributed by atoms with Crippen molar-refractivity contribution in [2.75, 3.05) is 18.4 Å². The number of nitrogens with one attached hydrogen (secondary N) is 2. The number of hydrogen-bond donors (Lipinski definition) is 2. The molecule has 1 aliphatic heterocycles. The Morgan fingerprint density at radius 1 is 1.12 bits per heavy atom. The topological polar surface area (TPSA) is 134 Å². The van der Waals surface area contributed by atoms with E-state index in [0.717, 1.165) is 28.7 Å². The number of hydrogen-bond acceptors (Lipinski definition) is 7. The van der Waals surface area contributed by atoms with E-state index in [9.17, 15) is 22.8 Å². The van der Waals surface area contributed by atoms with Crippen LogP contribution in [0.15, 0.2) is 56.9 Å². The molecule has 0 aliphatic carbocycles. The summed E-state index contributed by atoms with van der Waals surface area (Å²) in [5, 5.41) is 3.14. The summed E-state index contributed by atoms with van der Waals surface area (Å²) >= 11 is 1.12. The Morgan fingerprint density at radius 2 is 1.88 bits per heavy atom. The molecule has 12 heteroatoms. The van der Waals surface area contributed by atoms with Crippen molar-refractivity contribution in [2.24, 2.45) is 0 Å². The second kappa shape index (κ2) is 8.21. The van der Waals surface area contributed by atoms with Gasteiger partial charge in [0.15, 0.2) is 5.13 Å². The molecule has 1 fully saturated rings. The number of aromatic nitrogens is 3. The van der Waals surface area contributed by atoms with Gasteiger partial charge in [-0.15, -0.1) is 0 Å². The molecule has 0 unspecified atom stereocenters. The van der Waals surface area contributed by atoms with E-state index in [1.165, 1.54) is 10.4 Å². The number of anilines is 1. The van der Waals surface area contributed by atoms with Crippen LogP contribution in [-0.4, -0.2) is 46.3 Å². The summed E-state index contributed by atoms with van der Waals surface area (Å²) in [7, 11) is -3.56. The maximum absolute atomic E-state index is 12.8.